The highest BCUT2D eigenvalue weighted by atomic mass is 19.1. The average molecular weight is 601 g/mol. The Kier molecular flexibility index (Phi) is 8.38. The summed E-state index contributed by atoms with van der Waals surface area (Å²) >= 11 is 0. The summed E-state index contributed by atoms with van der Waals surface area (Å²) < 4.78 is 30.1. The van der Waals surface area contributed by atoms with Crippen molar-refractivity contribution in [3.63, 3.8) is 0 Å². The molecule has 44 heavy (non-hydrogen) atoms. The standard InChI is InChI=1S/C33H37FN6O4/c1-37(2)33(42)29-20-27-31(34)25(22-6-4-13-39(21-22)30(41)9-15-40-14-5-10-36-40)19-26(32(27)44-29)24-8-7-23(18-28(24)43-3)38-16-11-35-12-17-38/h5-8,10,14,18-20,35H,4,9,11-13,15-17,21H2,1-3H3. The lowest BCUT2D eigenvalue weighted by atomic mass is 9.93. The molecule has 230 valence electrons. The van der Waals surface area contributed by atoms with E-state index >= 15 is 4.39 Å². The summed E-state index contributed by atoms with van der Waals surface area (Å²) in [6, 6.07) is 11.0. The maximum atomic E-state index is 16.4. The number of piperazine rings is 1. The minimum Gasteiger partial charge on any atom is -0.496 e. The van der Waals surface area contributed by atoms with Crippen LogP contribution in [0.5, 0.6) is 5.75 Å². The highest BCUT2D eigenvalue weighted by Gasteiger charge is 2.27. The van der Waals surface area contributed by atoms with Crippen molar-refractivity contribution in [1.82, 2.24) is 24.9 Å². The van der Waals surface area contributed by atoms with Crippen LogP contribution in [-0.2, 0) is 11.3 Å². The molecule has 0 atom stereocenters. The number of anilines is 1. The summed E-state index contributed by atoms with van der Waals surface area (Å²) in [4.78, 5) is 31.5. The SMILES string of the molecule is COc1cc(N2CCNCC2)ccc1-c1cc(C2=CCCN(C(=O)CCn3cccn3)C2)c(F)c2cc(C(=O)N(C)C)oc12. The van der Waals surface area contributed by atoms with E-state index in [1.807, 2.05) is 36.5 Å². The highest BCUT2D eigenvalue weighted by molar-refractivity contribution is 6.02. The number of hydrogen-bond acceptors (Lipinski definition) is 7. The summed E-state index contributed by atoms with van der Waals surface area (Å²) in [5.74, 6) is -0.199. The fourth-order valence-electron chi connectivity index (χ4n) is 5.91. The van der Waals surface area contributed by atoms with Gasteiger partial charge in [-0.25, -0.2) is 4.39 Å². The Morgan fingerprint density at radius 2 is 1.91 bits per heavy atom. The van der Waals surface area contributed by atoms with Crippen molar-refractivity contribution in [2.75, 3.05) is 65.4 Å². The number of nitrogens with one attached hydrogen (secondary N) is 1. The van der Waals surface area contributed by atoms with E-state index in [1.54, 1.807) is 43.1 Å². The predicted octanol–water partition coefficient (Wildman–Crippen LogP) is 4.26. The molecule has 10 nitrogen and oxygen atoms in total. The van der Waals surface area contributed by atoms with Gasteiger partial charge in [0.15, 0.2) is 5.76 Å². The summed E-state index contributed by atoms with van der Waals surface area (Å²) in [6.07, 6.45) is 6.40. The second kappa shape index (κ2) is 12.5. The van der Waals surface area contributed by atoms with Crippen LogP contribution in [0.4, 0.5) is 10.1 Å². The fraction of sp³-hybridized carbons (Fsp3) is 0.364. The van der Waals surface area contributed by atoms with Crippen molar-refractivity contribution >= 4 is 34.0 Å². The molecular formula is C33H37FN6O4. The van der Waals surface area contributed by atoms with Gasteiger partial charge in [0.2, 0.25) is 5.91 Å². The zero-order valence-corrected chi connectivity index (χ0v) is 25.3. The van der Waals surface area contributed by atoms with Crippen LogP contribution < -0.4 is 15.0 Å². The number of carbonyl (C=O) groups excluding carboxylic acids is 2. The van der Waals surface area contributed by atoms with E-state index < -0.39 is 5.82 Å². The van der Waals surface area contributed by atoms with Crippen LogP contribution in [0.15, 0.2) is 59.3 Å². The second-order valence-electron chi connectivity index (χ2n) is 11.3. The number of carbonyl (C=O) groups is 2. The number of methoxy groups -OCH3 is 1. The first kappa shape index (κ1) is 29.4. The van der Waals surface area contributed by atoms with E-state index in [1.165, 1.54) is 11.0 Å². The Bertz CT molecular complexity index is 1700. The Morgan fingerprint density at radius 1 is 1.09 bits per heavy atom. The third-order valence-corrected chi connectivity index (χ3v) is 8.28. The van der Waals surface area contributed by atoms with Crippen LogP contribution in [-0.4, -0.2) is 91.9 Å². The first-order valence-electron chi connectivity index (χ1n) is 14.9. The van der Waals surface area contributed by atoms with Crippen LogP contribution in [0, 0.1) is 5.82 Å². The Balaban J connectivity index is 1.40. The topological polar surface area (TPSA) is 96.1 Å². The molecule has 1 N–H and O–H groups in total. The first-order chi connectivity index (χ1) is 21.3. The molecule has 2 aliphatic heterocycles. The number of amides is 2. The molecule has 0 radical (unpaired) electrons. The van der Waals surface area contributed by atoms with Crippen molar-refractivity contribution < 1.29 is 23.1 Å². The van der Waals surface area contributed by atoms with E-state index in [4.69, 9.17) is 9.15 Å². The molecule has 0 spiro atoms. The first-order valence-corrected chi connectivity index (χ1v) is 14.9. The van der Waals surface area contributed by atoms with Crippen LogP contribution in [0.2, 0.25) is 0 Å². The molecule has 4 heterocycles. The van der Waals surface area contributed by atoms with Gasteiger partial charge in [0, 0.05) is 113 Å². The number of nitrogens with zero attached hydrogens (tertiary/aromatic N) is 5. The number of ether oxygens (including phenoxy) is 1. The zero-order valence-electron chi connectivity index (χ0n) is 25.3. The van der Waals surface area contributed by atoms with Crippen LogP contribution >= 0.6 is 0 Å². The third-order valence-electron chi connectivity index (χ3n) is 8.28. The van der Waals surface area contributed by atoms with Crippen molar-refractivity contribution in [3.05, 3.63) is 72.0 Å². The molecule has 4 aromatic rings. The van der Waals surface area contributed by atoms with Gasteiger partial charge in [-0.2, -0.15) is 5.10 Å². The van der Waals surface area contributed by atoms with E-state index in [-0.39, 0.29) is 35.1 Å². The van der Waals surface area contributed by atoms with Crippen molar-refractivity contribution in [3.8, 4) is 16.9 Å². The molecule has 1 fully saturated rings. The maximum Gasteiger partial charge on any atom is 0.289 e. The normalized spacial score (nSPS) is 15.4. The molecule has 0 unspecified atom stereocenters. The van der Waals surface area contributed by atoms with E-state index in [0.29, 0.717) is 48.4 Å². The molecule has 2 aliphatic rings. The number of aromatic nitrogens is 2. The predicted molar refractivity (Wildman–Crippen MR) is 167 cm³/mol. The van der Waals surface area contributed by atoms with Gasteiger partial charge >= 0.3 is 0 Å². The molecule has 11 heteroatoms. The number of aryl methyl sites for hydroxylation is 1. The molecule has 1 saturated heterocycles. The maximum absolute atomic E-state index is 16.4. The van der Waals surface area contributed by atoms with E-state index in [0.717, 1.165) is 37.4 Å². The number of fused-ring (bicyclic) bond motifs is 1. The lowest BCUT2D eigenvalue weighted by Gasteiger charge is -2.30. The van der Waals surface area contributed by atoms with Gasteiger partial charge in [-0.1, -0.05) is 6.08 Å². The van der Waals surface area contributed by atoms with E-state index in [9.17, 15) is 9.59 Å². The minimum atomic E-state index is -0.487. The summed E-state index contributed by atoms with van der Waals surface area (Å²) in [5, 5.41) is 7.76. The van der Waals surface area contributed by atoms with Gasteiger partial charge in [0.25, 0.3) is 5.91 Å². The summed E-state index contributed by atoms with van der Waals surface area (Å²) in [5.41, 5.74) is 3.72. The number of furan rings is 1. The molecular weight excluding hydrogens is 563 g/mol. The van der Waals surface area contributed by atoms with Crippen molar-refractivity contribution in [1.29, 1.82) is 0 Å². The third kappa shape index (κ3) is 5.79. The highest BCUT2D eigenvalue weighted by Crippen LogP contribution is 2.42. The lowest BCUT2D eigenvalue weighted by Crippen LogP contribution is -2.43. The molecule has 0 saturated carbocycles. The molecule has 2 aromatic carbocycles. The van der Waals surface area contributed by atoms with Gasteiger partial charge in [-0.3, -0.25) is 14.3 Å². The Labute approximate surface area is 255 Å². The zero-order chi connectivity index (χ0) is 30.8. The second-order valence-corrected chi connectivity index (χ2v) is 11.3. The van der Waals surface area contributed by atoms with Gasteiger partial charge in [-0.15, -0.1) is 0 Å². The minimum absolute atomic E-state index is 0.0137. The summed E-state index contributed by atoms with van der Waals surface area (Å²) in [7, 11) is 4.86. The number of rotatable bonds is 8. The van der Waals surface area contributed by atoms with Crippen LogP contribution in [0.3, 0.4) is 0 Å². The number of hydrogen-bond donors (Lipinski definition) is 1. The van der Waals surface area contributed by atoms with Crippen LogP contribution in [0.1, 0.15) is 29.0 Å². The average Bonchev–Trinajstić information content (AvgIpc) is 3.75. The van der Waals surface area contributed by atoms with E-state index in [2.05, 4.69) is 15.3 Å². The quantitative estimate of drug-likeness (QED) is 0.323. The summed E-state index contributed by atoms with van der Waals surface area (Å²) in [6.45, 7) is 4.89. The fourth-order valence-corrected chi connectivity index (χ4v) is 5.91. The number of halogens is 1. The van der Waals surface area contributed by atoms with Gasteiger partial charge in [0.1, 0.15) is 17.1 Å². The lowest BCUT2D eigenvalue weighted by molar-refractivity contribution is -0.131. The van der Waals surface area contributed by atoms with Crippen molar-refractivity contribution in [2.24, 2.45) is 0 Å². The monoisotopic (exact) mass is 600 g/mol. The van der Waals surface area contributed by atoms with Crippen molar-refractivity contribution in [2.45, 2.75) is 19.4 Å². The number of benzene rings is 2. The largest absolute Gasteiger partial charge is 0.496 e. The molecule has 0 aliphatic carbocycles. The van der Waals surface area contributed by atoms with Gasteiger partial charge in [0.05, 0.1) is 12.5 Å². The smallest absolute Gasteiger partial charge is 0.289 e. The Hall–Kier alpha value is -4.64. The van der Waals surface area contributed by atoms with Gasteiger partial charge in [-0.05, 0) is 36.3 Å². The van der Waals surface area contributed by atoms with Gasteiger partial charge < -0.3 is 29.2 Å². The molecule has 2 aromatic heterocycles. The van der Waals surface area contributed by atoms with Crippen LogP contribution in [0.25, 0.3) is 27.7 Å². The molecule has 6 rings (SSSR count). The Morgan fingerprint density at radius 3 is 2.64 bits per heavy atom. The molecule has 2 amide bonds. The molecule has 0 bridgehead atoms.